The molecule has 0 aliphatic rings. The van der Waals surface area contributed by atoms with Gasteiger partial charge in [0.1, 0.15) is 0 Å². The molecule has 0 bridgehead atoms. The average molecular weight is 254 g/mol. The highest BCUT2D eigenvalue weighted by Crippen LogP contribution is 2.36. The molecule has 96 valence electrons. The minimum absolute atomic E-state index is 0.388. The molecule has 0 aliphatic carbocycles. The molecular formula is C14H14N4O. The van der Waals surface area contributed by atoms with E-state index in [1.54, 1.807) is 12.4 Å². The van der Waals surface area contributed by atoms with Crippen molar-refractivity contribution in [2.75, 3.05) is 5.73 Å². The van der Waals surface area contributed by atoms with Crippen molar-refractivity contribution in [3.8, 4) is 22.5 Å². The number of aromatic amines is 1. The van der Waals surface area contributed by atoms with Crippen LogP contribution in [-0.4, -0.2) is 15.4 Å². The molecule has 0 radical (unpaired) electrons. The van der Waals surface area contributed by atoms with Gasteiger partial charge in [-0.05, 0) is 30.5 Å². The Hall–Kier alpha value is -2.56. The van der Waals surface area contributed by atoms with E-state index in [2.05, 4.69) is 41.3 Å². The van der Waals surface area contributed by atoms with E-state index in [1.807, 2.05) is 6.07 Å². The van der Waals surface area contributed by atoms with Crippen molar-refractivity contribution in [1.82, 2.24) is 15.4 Å². The molecule has 2 aromatic heterocycles. The lowest BCUT2D eigenvalue weighted by molar-refractivity contribution is 0.436. The van der Waals surface area contributed by atoms with E-state index in [-0.39, 0.29) is 0 Å². The van der Waals surface area contributed by atoms with Gasteiger partial charge in [-0.3, -0.25) is 5.10 Å². The first-order valence-electron chi connectivity index (χ1n) is 5.98. The number of anilines is 1. The van der Waals surface area contributed by atoms with Gasteiger partial charge in [0.25, 0.3) is 0 Å². The van der Waals surface area contributed by atoms with Crippen molar-refractivity contribution in [2.45, 2.75) is 13.8 Å². The molecule has 0 spiro atoms. The summed E-state index contributed by atoms with van der Waals surface area (Å²) >= 11 is 0. The van der Waals surface area contributed by atoms with E-state index in [0.29, 0.717) is 11.6 Å². The molecule has 0 aliphatic heterocycles. The normalized spacial score (nSPS) is 10.8. The Bertz CT molecular complexity index is 713. The highest BCUT2D eigenvalue weighted by Gasteiger charge is 2.18. The summed E-state index contributed by atoms with van der Waals surface area (Å²) in [6.07, 6.45) is 3.44. The second-order valence-electron chi connectivity index (χ2n) is 4.56. The summed E-state index contributed by atoms with van der Waals surface area (Å²) in [7, 11) is 0. The standard InChI is InChI=1S/C14H14N4O/c1-8-3-4-10(5-9(8)2)12-13(19-18-14(12)15)11-6-16-17-7-11/h3-7H,1-2H3,(H2,15,18)(H,16,17). The van der Waals surface area contributed by atoms with Crippen LogP contribution < -0.4 is 5.73 Å². The number of nitrogen functional groups attached to an aromatic ring is 1. The SMILES string of the molecule is Cc1ccc(-c2c(N)noc2-c2cn[nH]c2)cc1C. The lowest BCUT2D eigenvalue weighted by atomic mass is 9.99. The number of nitrogens with one attached hydrogen (secondary N) is 1. The number of H-pyrrole nitrogens is 1. The number of nitrogens with zero attached hydrogens (tertiary/aromatic N) is 2. The molecule has 0 unspecified atom stereocenters. The van der Waals surface area contributed by atoms with Gasteiger partial charge in [0.2, 0.25) is 0 Å². The monoisotopic (exact) mass is 254 g/mol. The third-order valence-corrected chi connectivity index (χ3v) is 3.27. The first kappa shape index (κ1) is 11.5. The number of benzene rings is 1. The summed E-state index contributed by atoms with van der Waals surface area (Å²) in [6, 6.07) is 6.17. The fourth-order valence-electron chi connectivity index (χ4n) is 2.05. The molecule has 5 heteroatoms. The van der Waals surface area contributed by atoms with E-state index < -0.39 is 0 Å². The maximum Gasteiger partial charge on any atom is 0.180 e. The Kier molecular flexibility index (Phi) is 2.59. The van der Waals surface area contributed by atoms with Crippen LogP contribution in [0, 0.1) is 13.8 Å². The molecule has 0 atom stereocenters. The van der Waals surface area contributed by atoms with Crippen molar-refractivity contribution >= 4 is 5.82 Å². The number of nitrogens with two attached hydrogens (primary N) is 1. The average Bonchev–Trinajstić information content (AvgIpc) is 3.01. The number of hydrogen-bond donors (Lipinski definition) is 2. The van der Waals surface area contributed by atoms with Gasteiger partial charge >= 0.3 is 0 Å². The molecule has 3 aromatic rings. The van der Waals surface area contributed by atoms with Gasteiger partial charge in [0.15, 0.2) is 11.6 Å². The van der Waals surface area contributed by atoms with Crippen LogP contribution in [0.1, 0.15) is 11.1 Å². The smallest absolute Gasteiger partial charge is 0.180 e. The minimum Gasteiger partial charge on any atom is -0.380 e. The van der Waals surface area contributed by atoms with Gasteiger partial charge in [-0.2, -0.15) is 5.10 Å². The van der Waals surface area contributed by atoms with E-state index in [9.17, 15) is 0 Å². The van der Waals surface area contributed by atoms with Crippen molar-refractivity contribution in [3.63, 3.8) is 0 Å². The van der Waals surface area contributed by atoms with Gasteiger partial charge in [0, 0.05) is 6.20 Å². The Morgan fingerprint density at radius 3 is 2.68 bits per heavy atom. The fraction of sp³-hybridized carbons (Fsp3) is 0.143. The largest absolute Gasteiger partial charge is 0.380 e. The lowest BCUT2D eigenvalue weighted by Gasteiger charge is -2.05. The summed E-state index contributed by atoms with van der Waals surface area (Å²) in [5.74, 6) is 1.02. The number of rotatable bonds is 2. The molecule has 0 fully saturated rings. The Labute approximate surface area is 110 Å². The van der Waals surface area contributed by atoms with Crippen LogP contribution in [0.2, 0.25) is 0 Å². The highest BCUT2D eigenvalue weighted by atomic mass is 16.5. The van der Waals surface area contributed by atoms with Gasteiger partial charge in [-0.1, -0.05) is 23.4 Å². The molecule has 2 heterocycles. The third kappa shape index (κ3) is 1.89. The maximum absolute atomic E-state index is 5.93. The lowest BCUT2D eigenvalue weighted by Crippen LogP contribution is -1.90. The van der Waals surface area contributed by atoms with Gasteiger partial charge in [-0.15, -0.1) is 0 Å². The van der Waals surface area contributed by atoms with Crippen LogP contribution in [0.5, 0.6) is 0 Å². The molecule has 0 saturated carbocycles. The second kappa shape index (κ2) is 4.28. The Morgan fingerprint density at radius 2 is 2.00 bits per heavy atom. The molecule has 0 amide bonds. The van der Waals surface area contributed by atoms with Crippen LogP contribution in [0.3, 0.4) is 0 Å². The molecule has 5 nitrogen and oxygen atoms in total. The molecular weight excluding hydrogens is 240 g/mol. The van der Waals surface area contributed by atoms with Crippen LogP contribution in [-0.2, 0) is 0 Å². The highest BCUT2D eigenvalue weighted by molar-refractivity contribution is 5.86. The van der Waals surface area contributed by atoms with Crippen molar-refractivity contribution < 1.29 is 4.52 Å². The topological polar surface area (TPSA) is 80.7 Å². The number of hydrogen-bond acceptors (Lipinski definition) is 4. The zero-order chi connectivity index (χ0) is 13.4. The van der Waals surface area contributed by atoms with Crippen molar-refractivity contribution in [2.24, 2.45) is 0 Å². The van der Waals surface area contributed by atoms with E-state index in [4.69, 9.17) is 10.3 Å². The zero-order valence-corrected chi connectivity index (χ0v) is 10.8. The summed E-state index contributed by atoms with van der Waals surface area (Å²) in [5.41, 5.74) is 11.0. The molecule has 3 rings (SSSR count). The van der Waals surface area contributed by atoms with Crippen molar-refractivity contribution in [1.29, 1.82) is 0 Å². The Morgan fingerprint density at radius 1 is 1.16 bits per heavy atom. The summed E-state index contributed by atoms with van der Waals surface area (Å²) in [6.45, 7) is 4.15. The van der Waals surface area contributed by atoms with Crippen LogP contribution in [0.4, 0.5) is 5.82 Å². The van der Waals surface area contributed by atoms with Gasteiger partial charge in [0.05, 0.1) is 17.3 Å². The molecule has 19 heavy (non-hydrogen) atoms. The molecule has 3 N–H and O–H groups in total. The van der Waals surface area contributed by atoms with E-state index in [1.165, 1.54) is 11.1 Å². The second-order valence-corrected chi connectivity index (χ2v) is 4.56. The minimum atomic E-state index is 0.388. The number of aryl methyl sites for hydroxylation is 2. The molecule has 1 aromatic carbocycles. The predicted molar refractivity (Wildman–Crippen MR) is 73.4 cm³/mol. The van der Waals surface area contributed by atoms with Crippen LogP contribution >= 0.6 is 0 Å². The predicted octanol–water partition coefficient (Wildman–Crippen LogP) is 2.93. The molecule has 0 saturated heterocycles. The zero-order valence-electron chi connectivity index (χ0n) is 10.8. The third-order valence-electron chi connectivity index (χ3n) is 3.27. The van der Waals surface area contributed by atoms with Gasteiger partial charge < -0.3 is 10.3 Å². The fourth-order valence-corrected chi connectivity index (χ4v) is 2.05. The van der Waals surface area contributed by atoms with Crippen LogP contribution in [0.15, 0.2) is 35.1 Å². The first-order chi connectivity index (χ1) is 9.16. The van der Waals surface area contributed by atoms with Crippen molar-refractivity contribution in [3.05, 3.63) is 41.7 Å². The summed E-state index contributed by atoms with van der Waals surface area (Å²) in [5, 5.41) is 10.5. The van der Waals surface area contributed by atoms with Gasteiger partial charge in [-0.25, -0.2) is 0 Å². The summed E-state index contributed by atoms with van der Waals surface area (Å²) < 4.78 is 5.33. The first-order valence-corrected chi connectivity index (χ1v) is 5.98. The van der Waals surface area contributed by atoms with E-state index in [0.717, 1.165) is 16.7 Å². The van der Waals surface area contributed by atoms with E-state index >= 15 is 0 Å². The Balaban J connectivity index is 2.19. The number of aromatic nitrogens is 3. The van der Waals surface area contributed by atoms with Crippen LogP contribution in [0.25, 0.3) is 22.5 Å². The quantitative estimate of drug-likeness (QED) is 0.736. The summed E-state index contributed by atoms with van der Waals surface area (Å²) in [4.78, 5) is 0. The maximum atomic E-state index is 5.93.